The molecule has 5 heteroatoms. The molecule has 0 spiro atoms. The Labute approximate surface area is 72.2 Å². The van der Waals surface area contributed by atoms with Gasteiger partial charge < -0.3 is 15.4 Å². The van der Waals surface area contributed by atoms with E-state index in [1.54, 1.807) is 21.0 Å². The first-order valence-electron chi connectivity index (χ1n) is 3.64. The zero-order chi connectivity index (χ0) is 9.56. The summed E-state index contributed by atoms with van der Waals surface area (Å²) in [6.45, 7) is 1.70. The maximum Gasteiger partial charge on any atom is 0.328 e. The fraction of sp³-hybridized carbons (Fsp3) is 0.714. The van der Waals surface area contributed by atoms with Crippen LogP contribution in [0, 0.1) is 0 Å². The van der Waals surface area contributed by atoms with Gasteiger partial charge in [-0.15, -0.1) is 0 Å². The quantitative estimate of drug-likeness (QED) is 0.331. The fourth-order valence-electron chi connectivity index (χ4n) is 0.689. The minimum absolute atomic E-state index is 0.314. The summed E-state index contributed by atoms with van der Waals surface area (Å²) in [5.74, 6) is 0.249. The molecule has 70 valence electrons. The van der Waals surface area contributed by atoms with Crippen LogP contribution < -0.4 is 10.6 Å². The fourth-order valence-corrected chi connectivity index (χ4v) is 0.689. The predicted molar refractivity (Wildman–Crippen MR) is 47.0 cm³/mol. The summed E-state index contributed by atoms with van der Waals surface area (Å²) in [6.07, 6.45) is 0. The van der Waals surface area contributed by atoms with Gasteiger partial charge in [0, 0.05) is 14.1 Å². The molecule has 0 aromatic rings. The molecule has 0 radical (unpaired) electrons. The SMILES string of the molecule is CN=C(NC)NC(C)C(=O)OC. The van der Waals surface area contributed by atoms with E-state index in [0.717, 1.165) is 0 Å². The average Bonchev–Trinajstić information content (AvgIpc) is 2.12. The number of ether oxygens (including phenoxy) is 1. The van der Waals surface area contributed by atoms with Crippen LogP contribution in [0.2, 0.25) is 0 Å². The Kier molecular flexibility index (Phi) is 4.83. The molecule has 0 aliphatic heterocycles. The molecule has 0 saturated carbocycles. The highest BCUT2D eigenvalue weighted by Crippen LogP contribution is 1.84. The van der Waals surface area contributed by atoms with E-state index in [-0.39, 0.29) is 12.0 Å². The van der Waals surface area contributed by atoms with Crippen molar-refractivity contribution in [3.8, 4) is 0 Å². The van der Waals surface area contributed by atoms with Crippen LogP contribution in [0.3, 0.4) is 0 Å². The molecule has 12 heavy (non-hydrogen) atoms. The van der Waals surface area contributed by atoms with Crippen molar-refractivity contribution in [3.63, 3.8) is 0 Å². The molecule has 0 heterocycles. The number of guanidine groups is 1. The average molecular weight is 173 g/mol. The van der Waals surface area contributed by atoms with E-state index in [1.807, 2.05) is 0 Å². The van der Waals surface area contributed by atoms with Gasteiger partial charge in [0.2, 0.25) is 0 Å². The normalized spacial score (nSPS) is 13.5. The smallest absolute Gasteiger partial charge is 0.328 e. The van der Waals surface area contributed by atoms with Gasteiger partial charge in [-0.25, -0.2) is 4.79 Å². The molecule has 0 bridgehead atoms. The van der Waals surface area contributed by atoms with E-state index >= 15 is 0 Å². The second-order valence-corrected chi connectivity index (χ2v) is 2.21. The number of rotatable bonds is 2. The van der Waals surface area contributed by atoms with Gasteiger partial charge in [-0.05, 0) is 6.92 Å². The van der Waals surface area contributed by atoms with E-state index < -0.39 is 0 Å². The maximum atomic E-state index is 10.9. The number of hydrogen-bond acceptors (Lipinski definition) is 3. The first-order valence-corrected chi connectivity index (χ1v) is 3.64. The first-order chi connectivity index (χ1) is 5.65. The minimum Gasteiger partial charge on any atom is -0.467 e. The molecule has 1 unspecified atom stereocenters. The second kappa shape index (κ2) is 5.40. The van der Waals surface area contributed by atoms with Gasteiger partial charge in [-0.2, -0.15) is 0 Å². The maximum absolute atomic E-state index is 10.9. The molecular weight excluding hydrogens is 158 g/mol. The van der Waals surface area contributed by atoms with E-state index in [1.165, 1.54) is 7.11 Å². The van der Waals surface area contributed by atoms with Crippen molar-refractivity contribution in [3.05, 3.63) is 0 Å². The highest BCUT2D eigenvalue weighted by molar-refractivity contribution is 5.85. The summed E-state index contributed by atoms with van der Waals surface area (Å²) in [5.41, 5.74) is 0. The second-order valence-electron chi connectivity index (χ2n) is 2.21. The van der Waals surface area contributed by atoms with Crippen LogP contribution in [0.1, 0.15) is 6.92 Å². The number of carbonyl (C=O) groups excluding carboxylic acids is 1. The number of aliphatic imine (C=N–C) groups is 1. The van der Waals surface area contributed by atoms with Crippen molar-refractivity contribution < 1.29 is 9.53 Å². The van der Waals surface area contributed by atoms with Crippen LogP contribution in [0.4, 0.5) is 0 Å². The van der Waals surface area contributed by atoms with Gasteiger partial charge in [-0.3, -0.25) is 4.99 Å². The number of esters is 1. The Hall–Kier alpha value is -1.26. The lowest BCUT2D eigenvalue weighted by Crippen LogP contribution is -2.44. The Morgan fingerprint density at radius 1 is 1.58 bits per heavy atom. The van der Waals surface area contributed by atoms with Gasteiger partial charge in [0.25, 0.3) is 0 Å². The zero-order valence-electron chi connectivity index (χ0n) is 7.84. The van der Waals surface area contributed by atoms with Crippen molar-refractivity contribution in [1.82, 2.24) is 10.6 Å². The molecule has 0 fully saturated rings. The molecule has 0 rings (SSSR count). The number of methoxy groups -OCH3 is 1. The molecule has 0 aromatic heterocycles. The van der Waals surface area contributed by atoms with Crippen LogP contribution >= 0.6 is 0 Å². The summed E-state index contributed by atoms with van der Waals surface area (Å²) in [4.78, 5) is 14.8. The summed E-state index contributed by atoms with van der Waals surface area (Å²) in [6, 6.07) is -0.388. The van der Waals surface area contributed by atoms with Crippen LogP contribution in [-0.2, 0) is 9.53 Å². The molecule has 0 saturated heterocycles. The first kappa shape index (κ1) is 10.7. The summed E-state index contributed by atoms with van der Waals surface area (Å²) in [7, 11) is 4.70. The Morgan fingerprint density at radius 3 is 2.50 bits per heavy atom. The van der Waals surface area contributed by atoms with Crippen LogP contribution in [-0.4, -0.2) is 39.2 Å². The largest absolute Gasteiger partial charge is 0.467 e. The van der Waals surface area contributed by atoms with Crippen LogP contribution in [0.25, 0.3) is 0 Å². The van der Waals surface area contributed by atoms with Crippen molar-refractivity contribution in [2.75, 3.05) is 21.2 Å². The zero-order valence-corrected chi connectivity index (χ0v) is 7.84. The number of hydrogen-bond donors (Lipinski definition) is 2. The molecule has 0 amide bonds. The lowest BCUT2D eigenvalue weighted by Gasteiger charge is -2.13. The Morgan fingerprint density at radius 2 is 2.17 bits per heavy atom. The van der Waals surface area contributed by atoms with Crippen LogP contribution in [0.5, 0.6) is 0 Å². The highest BCUT2D eigenvalue weighted by atomic mass is 16.5. The number of carbonyl (C=O) groups is 1. The third-order valence-electron chi connectivity index (χ3n) is 1.37. The number of nitrogens with one attached hydrogen (secondary N) is 2. The summed E-state index contributed by atoms with van der Waals surface area (Å²) in [5, 5.41) is 5.62. The topological polar surface area (TPSA) is 62.7 Å². The van der Waals surface area contributed by atoms with Crippen molar-refractivity contribution in [2.45, 2.75) is 13.0 Å². The minimum atomic E-state index is -0.388. The predicted octanol–water partition coefficient (Wildman–Crippen LogP) is -0.657. The molecule has 5 nitrogen and oxygen atoms in total. The van der Waals surface area contributed by atoms with E-state index in [0.29, 0.717) is 5.96 Å². The third-order valence-corrected chi connectivity index (χ3v) is 1.37. The van der Waals surface area contributed by atoms with E-state index in [2.05, 4.69) is 20.4 Å². The van der Waals surface area contributed by atoms with Gasteiger partial charge >= 0.3 is 5.97 Å². The Balaban J connectivity index is 3.98. The third kappa shape index (κ3) is 3.23. The molecular formula is C7H15N3O2. The van der Waals surface area contributed by atoms with Crippen molar-refractivity contribution in [2.24, 2.45) is 4.99 Å². The summed E-state index contributed by atoms with van der Waals surface area (Å²) >= 11 is 0. The molecule has 0 aromatic carbocycles. The number of nitrogens with zero attached hydrogens (tertiary/aromatic N) is 1. The van der Waals surface area contributed by atoms with Gasteiger partial charge in [-0.1, -0.05) is 0 Å². The Bertz CT molecular complexity index is 179. The molecule has 0 aliphatic carbocycles. The van der Waals surface area contributed by atoms with Crippen molar-refractivity contribution in [1.29, 1.82) is 0 Å². The van der Waals surface area contributed by atoms with E-state index in [9.17, 15) is 4.79 Å². The van der Waals surface area contributed by atoms with Crippen LogP contribution in [0.15, 0.2) is 4.99 Å². The summed E-state index contributed by atoms with van der Waals surface area (Å²) < 4.78 is 4.52. The standard InChI is InChI=1S/C7H15N3O2/c1-5(6(11)12-4)10-7(8-2)9-3/h5H,1-4H3,(H2,8,9,10). The molecule has 2 N–H and O–H groups in total. The lowest BCUT2D eigenvalue weighted by molar-refractivity contribution is -0.142. The van der Waals surface area contributed by atoms with Crippen molar-refractivity contribution >= 4 is 11.9 Å². The van der Waals surface area contributed by atoms with Gasteiger partial charge in [0.05, 0.1) is 7.11 Å². The van der Waals surface area contributed by atoms with E-state index in [4.69, 9.17) is 0 Å². The lowest BCUT2D eigenvalue weighted by atomic mass is 10.3. The molecule has 0 aliphatic rings. The molecule has 1 atom stereocenters. The van der Waals surface area contributed by atoms with Gasteiger partial charge in [0.15, 0.2) is 5.96 Å². The monoisotopic (exact) mass is 173 g/mol. The highest BCUT2D eigenvalue weighted by Gasteiger charge is 2.12. The van der Waals surface area contributed by atoms with Gasteiger partial charge in [0.1, 0.15) is 6.04 Å².